The maximum atomic E-state index is 12.3. The number of hydrogen-bond acceptors (Lipinski definition) is 6. The molecule has 0 atom stereocenters. The van der Waals surface area contributed by atoms with Gasteiger partial charge < -0.3 is 30.0 Å². The lowest BCUT2D eigenvalue weighted by Crippen LogP contribution is -2.84. The first-order valence-electron chi connectivity index (χ1n) is 9.17. The van der Waals surface area contributed by atoms with Gasteiger partial charge in [0, 0.05) is 13.1 Å². The predicted molar refractivity (Wildman–Crippen MR) is 98.1 cm³/mol. The summed E-state index contributed by atoms with van der Waals surface area (Å²) in [4.78, 5) is 44.5. The molecular weight excluding hydrogens is 425 g/mol. The summed E-state index contributed by atoms with van der Waals surface area (Å²) in [5.41, 5.74) is 0.964. The number of nitrogens with two attached hydrogens (primary N) is 1. The molecule has 0 saturated heterocycles. The number of esters is 1. The minimum Gasteiger partial charge on any atom is -0.542 e. The number of carbonyl (C=O) groups is 4. The third kappa shape index (κ3) is 14.5. The molecule has 0 saturated carbocycles. The fourth-order valence-corrected chi connectivity index (χ4v) is 2.18. The molecule has 31 heavy (non-hydrogen) atoms. The molecule has 0 aliphatic rings. The van der Waals surface area contributed by atoms with Gasteiger partial charge in [0.25, 0.3) is 0 Å². The molecule has 1 aromatic rings. The molecule has 9 nitrogen and oxygen atoms in total. The second kappa shape index (κ2) is 14.8. The Labute approximate surface area is 176 Å². The Bertz CT molecular complexity index is 712. The van der Waals surface area contributed by atoms with E-state index >= 15 is 0 Å². The SMILES string of the molecule is COC(=O)CC[NH2+]CCC(=O)N(CCC(=O)O)Cc1ccccc1.O=C([O-])C(F)(F)F. The molecule has 0 bridgehead atoms. The standard InChI is InChI=1S/C17H24N2O5.C2HF3O2/c1-24-17(23)8-11-18-10-7-15(20)19(12-9-16(21)22)13-14-5-3-2-4-6-14;3-2(4,5)1(6)7/h2-6,18H,7-13H2,1H3,(H,21,22);(H,6,7). The molecule has 3 N–H and O–H groups in total. The molecule has 1 amide bonds. The van der Waals surface area contributed by atoms with Crippen LogP contribution < -0.4 is 10.4 Å². The van der Waals surface area contributed by atoms with E-state index in [9.17, 15) is 27.6 Å². The number of methoxy groups -OCH3 is 1. The fraction of sp³-hybridized carbons (Fsp3) is 0.474. The lowest BCUT2D eigenvalue weighted by atomic mass is 10.2. The van der Waals surface area contributed by atoms with Gasteiger partial charge in [-0.2, -0.15) is 13.2 Å². The van der Waals surface area contributed by atoms with Crippen molar-refractivity contribution < 1.29 is 52.6 Å². The Morgan fingerprint density at radius 3 is 2.10 bits per heavy atom. The van der Waals surface area contributed by atoms with E-state index in [0.29, 0.717) is 32.5 Å². The van der Waals surface area contributed by atoms with Crippen molar-refractivity contribution in [1.82, 2.24) is 4.90 Å². The van der Waals surface area contributed by atoms with E-state index in [0.717, 1.165) is 5.56 Å². The maximum Gasteiger partial charge on any atom is 0.430 e. The normalized spacial score (nSPS) is 10.5. The lowest BCUT2D eigenvalue weighted by molar-refractivity contribution is -0.652. The first kappa shape index (κ1) is 27.8. The van der Waals surface area contributed by atoms with Crippen molar-refractivity contribution in [2.24, 2.45) is 0 Å². The van der Waals surface area contributed by atoms with Crippen molar-refractivity contribution in [3.63, 3.8) is 0 Å². The predicted octanol–water partition coefficient (Wildman–Crippen LogP) is -0.695. The van der Waals surface area contributed by atoms with E-state index in [1.54, 1.807) is 4.90 Å². The molecule has 0 aromatic heterocycles. The number of carbonyl (C=O) groups excluding carboxylic acids is 3. The second-order valence-electron chi connectivity index (χ2n) is 6.17. The highest BCUT2D eigenvalue weighted by atomic mass is 19.4. The summed E-state index contributed by atoms with van der Waals surface area (Å²) in [6, 6.07) is 9.47. The van der Waals surface area contributed by atoms with E-state index in [2.05, 4.69) is 4.74 Å². The number of alkyl halides is 3. The van der Waals surface area contributed by atoms with E-state index in [4.69, 9.17) is 15.0 Å². The van der Waals surface area contributed by atoms with Crippen molar-refractivity contribution >= 4 is 23.8 Å². The van der Waals surface area contributed by atoms with Crippen LogP contribution in [-0.2, 0) is 30.5 Å². The Kier molecular flexibility index (Phi) is 13.3. The summed E-state index contributed by atoms with van der Waals surface area (Å²) in [6.45, 7) is 1.70. The van der Waals surface area contributed by atoms with Gasteiger partial charge >= 0.3 is 18.1 Å². The topological polar surface area (TPSA) is 141 Å². The van der Waals surface area contributed by atoms with Gasteiger partial charge in [0.05, 0.1) is 39.5 Å². The molecule has 0 unspecified atom stereocenters. The fourth-order valence-electron chi connectivity index (χ4n) is 2.18. The molecule has 174 valence electrons. The summed E-state index contributed by atoms with van der Waals surface area (Å²) in [5.74, 6) is -4.29. The summed E-state index contributed by atoms with van der Waals surface area (Å²) < 4.78 is 36.1. The Morgan fingerprint density at radius 2 is 1.61 bits per heavy atom. The number of carboxylic acid groups (broad SMARTS) is 2. The maximum absolute atomic E-state index is 12.3. The van der Waals surface area contributed by atoms with E-state index in [-0.39, 0.29) is 24.8 Å². The molecular formula is C19H25F3N2O7. The van der Waals surface area contributed by atoms with Gasteiger partial charge in [0.2, 0.25) is 5.91 Å². The zero-order chi connectivity index (χ0) is 23.9. The van der Waals surface area contributed by atoms with Crippen LogP contribution in [0.15, 0.2) is 30.3 Å². The molecule has 0 spiro atoms. The number of nitrogens with zero attached hydrogens (tertiary/aromatic N) is 1. The smallest absolute Gasteiger partial charge is 0.430 e. The van der Waals surface area contributed by atoms with Crippen molar-refractivity contribution in [3.8, 4) is 0 Å². The Balaban J connectivity index is 0.00000110. The number of rotatable bonds is 11. The molecule has 0 aliphatic carbocycles. The highest BCUT2D eigenvalue weighted by molar-refractivity contribution is 5.77. The minimum absolute atomic E-state index is 0.0787. The van der Waals surface area contributed by atoms with E-state index in [1.807, 2.05) is 35.6 Å². The van der Waals surface area contributed by atoms with Gasteiger partial charge in [-0.25, -0.2) is 0 Å². The summed E-state index contributed by atoms with van der Waals surface area (Å²) >= 11 is 0. The van der Waals surface area contributed by atoms with Gasteiger partial charge in [-0.1, -0.05) is 30.3 Å². The Hall–Kier alpha value is -3.15. The summed E-state index contributed by atoms with van der Waals surface area (Å²) in [6.07, 6.45) is -4.67. The first-order chi connectivity index (χ1) is 14.5. The zero-order valence-electron chi connectivity index (χ0n) is 16.9. The largest absolute Gasteiger partial charge is 0.542 e. The average Bonchev–Trinajstić information content (AvgIpc) is 2.70. The highest BCUT2D eigenvalue weighted by Gasteiger charge is 2.28. The zero-order valence-corrected chi connectivity index (χ0v) is 16.9. The number of quaternary nitrogens is 1. The van der Waals surface area contributed by atoms with Gasteiger partial charge in [0.1, 0.15) is 5.97 Å². The molecule has 0 radical (unpaired) electrons. The number of carboxylic acids is 2. The van der Waals surface area contributed by atoms with Crippen LogP contribution in [0.2, 0.25) is 0 Å². The van der Waals surface area contributed by atoms with Crippen LogP contribution in [0.4, 0.5) is 13.2 Å². The summed E-state index contributed by atoms with van der Waals surface area (Å²) in [5, 5.41) is 19.5. The highest BCUT2D eigenvalue weighted by Crippen LogP contribution is 2.11. The third-order valence-electron chi connectivity index (χ3n) is 3.74. The van der Waals surface area contributed by atoms with Crippen molar-refractivity contribution in [2.45, 2.75) is 32.0 Å². The van der Waals surface area contributed by atoms with Crippen LogP contribution in [0.1, 0.15) is 24.8 Å². The van der Waals surface area contributed by atoms with Gasteiger partial charge in [-0.15, -0.1) is 0 Å². The average molecular weight is 450 g/mol. The van der Waals surface area contributed by atoms with Gasteiger partial charge in [-0.3, -0.25) is 14.4 Å². The van der Waals surface area contributed by atoms with E-state index < -0.39 is 18.1 Å². The number of ether oxygens (including phenoxy) is 1. The first-order valence-corrected chi connectivity index (χ1v) is 9.17. The Morgan fingerprint density at radius 1 is 1.06 bits per heavy atom. The van der Waals surface area contributed by atoms with Crippen LogP contribution in [0.5, 0.6) is 0 Å². The number of amides is 1. The van der Waals surface area contributed by atoms with Crippen LogP contribution in [-0.4, -0.2) is 66.7 Å². The van der Waals surface area contributed by atoms with Crippen LogP contribution in [0.25, 0.3) is 0 Å². The van der Waals surface area contributed by atoms with Crippen LogP contribution >= 0.6 is 0 Å². The minimum atomic E-state index is -5.19. The van der Waals surface area contributed by atoms with Crippen LogP contribution in [0.3, 0.4) is 0 Å². The molecule has 0 aliphatic heterocycles. The van der Waals surface area contributed by atoms with Crippen LogP contribution in [0, 0.1) is 0 Å². The van der Waals surface area contributed by atoms with Gasteiger partial charge in [-0.05, 0) is 5.56 Å². The molecule has 0 heterocycles. The molecule has 0 fully saturated rings. The molecule has 1 aromatic carbocycles. The number of hydrogen-bond donors (Lipinski definition) is 2. The summed E-state index contributed by atoms with van der Waals surface area (Å²) in [7, 11) is 1.34. The quantitative estimate of drug-likeness (QED) is 0.336. The van der Waals surface area contributed by atoms with E-state index in [1.165, 1.54) is 7.11 Å². The third-order valence-corrected chi connectivity index (χ3v) is 3.74. The lowest BCUT2D eigenvalue weighted by Gasteiger charge is -2.22. The number of halogens is 3. The van der Waals surface area contributed by atoms with Crippen molar-refractivity contribution in [2.75, 3.05) is 26.7 Å². The number of aliphatic carboxylic acids is 2. The molecule has 1 rings (SSSR count). The van der Waals surface area contributed by atoms with Gasteiger partial charge in [0.15, 0.2) is 0 Å². The van der Waals surface area contributed by atoms with Crippen molar-refractivity contribution in [1.29, 1.82) is 0 Å². The monoisotopic (exact) mass is 450 g/mol. The molecule has 12 heteroatoms. The van der Waals surface area contributed by atoms with Crippen molar-refractivity contribution in [3.05, 3.63) is 35.9 Å². The number of benzene rings is 1. The second-order valence-corrected chi connectivity index (χ2v) is 6.17.